The van der Waals surface area contributed by atoms with Crippen molar-refractivity contribution in [2.45, 2.75) is 69.6 Å². The molecule has 4 rings (SSSR count). The third kappa shape index (κ3) is 3.05. The van der Waals surface area contributed by atoms with Crippen LogP contribution in [0.2, 0.25) is 0 Å². The molecule has 4 aliphatic rings. The lowest BCUT2D eigenvalue weighted by atomic mass is 9.54. The molecular weight excluding hydrogens is 310 g/mol. The van der Waals surface area contributed by atoms with Crippen LogP contribution in [-0.2, 0) is 14.3 Å². The summed E-state index contributed by atoms with van der Waals surface area (Å²) >= 11 is 1.73. The minimum atomic E-state index is 0.215. The summed E-state index contributed by atoms with van der Waals surface area (Å²) in [4.78, 5) is 12.4. The number of thioether (sulfide) groups is 1. The van der Waals surface area contributed by atoms with Crippen LogP contribution in [0, 0.1) is 11.3 Å². The average molecular weight is 340 g/mol. The molecule has 2 aliphatic carbocycles. The second kappa shape index (κ2) is 6.93. The number of hydrogen-bond donors (Lipinski definition) is 1. The molecule has 0 unspecified atom stereocenters. The highest BCUT2D eigenvalue weighted by Crippen LogP contribution is 2.60. The summed E-state index contributed by atoms with van der Waals surface area (Å²) in [6, 6.07) is 0.372. The second-order valence-corrected chi connectivity index (χ2v) is 8.76. The van der Waals surface area contributed by atoms with Gasteiger partial charge in [0, 0.05) is 36.3 Å². The van der Waals surface area contributed by atoms with Crippen molar-refractivity contribution in [3.63, 3.8) is 0 Å². The normalized spacial score (nSPS) is 38.3. The van der Waals surface area contributed by atoms with Crippen molar-refractivity contribution in [2.75, 3.05) is 24.7 Å². The lowest BCUT2D eigenvalue weighted by Crippen LogP contribution is -2.68. The fourth-order valence-corrected chi connectivity index (χ4v) is 6.25. The Morgan fingerprint density at radius 2 is 1.96 bits per heavy atom. The molecular formula is C18H29NO3S. The Hall–Kier alpha value is -0.260. The zero-order valence-electron chi connectivity index (χ0n) is 13.9. The van der Waals surface area contributed by atoms with Gasteiger partial charge in [0.1, 0.15) is 0 Å². The van der Waals surface area contributed by atoms with Gasteiger partial charge in [-0.25, -0.2) is 0 Å². The molecule has 2 saturated heterocycles. The van der Waals surface area contributed by atoms with E-state index in [4.69, 9.17) is 9.47 Å². The van der Waals surface area contributed by atoms with Crippen LogP contribution in [0.5, 0.6) is 0 Å². The van der Waals surface area contributed by atoms with E-state index in [1.165, 1.54) is 38.5 Å². The first-order valence-electron chi connectivity index (χ1n) is 9.40. The molecule has 1 N–H and O–H groups in total. The SMILES string of the molecule is O=C(CSC[C@@H]1CCCCO1)N[C@@H]1[C@@H]2CCO[C@H]2C12CCCC2. The van der Waals surface area contributed by atoms with Crippen molar-refractivity contribution in [2.24, 2.45) is 11.3 Å². The van der Waals surface area contributed by atoms with Gasteiger partial charge < -0.3 is 14.8 Å². The maximum atomic E-state index is 12.4. The maximum Gasteiger partial charge on any atom is 0.230 e. The summed E-state index contributed by atoms with van der Waals surface area (Å²) in [5, 5.41) is 3.38. The largest absolute Gasteiger partial charge is 0.377 e. The van der Waals surface area contributed by atoms with Gasteiger partial charge in [-0.05, 0) is 38.5 Å². The molecule has 0 aromatic heterocycles. The summed E-state index contributed by atoms with van der Waals surface area (Å²) in [6.07, 6.45) is 10.6. The molecule has 4 atom stereocenters. The van der Waals surface area contributed by atoms with Crippen molar-refractivity contribution in [3.8, 4) is 0 Å². The van der Waals surface area contributed by atoms with Crippen molar-refractivity contribution in [1.82, 2.24) is 5.32 Å². The van der Waals surface area contributed by atoms with E-state index in [0.29, 0.717) is 29.9 Å². The van der Waals surface area contributed by atoms with Gasteiger partial charge in [-0.15, -0.1) is 11.8 Å². The molecule has 130 valence electrons. The molecule has 1 amide bonds. The Kier molecular flexibility index (Phi) is 4.89. The summed E-state index contributed by atoms with van der Waals surface area (Å²) in [7, 11) is 0. The highest BCUT2D eigenvalue weighted by atomic mass is 32.2. The van der Waals surface area contributed by atoms with Crippen LogP contribution >= 0.6 is 11.8 Å². The Morgan fingerprint density at radius 3 is 2.74 bits per heavy atom. The van der Waals surface area contributed by atoms with E-state index in [0.717, 1.165) is 31.8 Å². The second-order valence-electron chi connectivity index (χ2n) is 7.73. The molecule has 0 radical (unpaired) electrons. The van der Waals surface area contributed by atoms with Crippen LogP contribution in [0.15, 0.2) is 0 Å². The summed E-state index contributed by atoms with van der Waals surface area (Å²) in [6.45, 7) is 1.78. The van der Waals surface area contributed by atoms with Crippen molar-refractivity contribution in [1.29, 1.82) is 0 Å². The van der Waals surface area contributed by atoms with Crippen molar-refractivity contribution >= 4 is 17.7 Å². The molecule has 5 heteroatoms. The predicted molar refractivity (Wildman–Crippen MR) is 91.6 cm³/mol. The number of carbonyl (C=O) groups is 1. The fourth-order valence-electron chi connectivity index (χ4n) is 5.34. The summed E-state index contributed by atoms with van der Waals surface area (Å²) in [5.41, 5.74) is 0.272. The van der Waals surface area contributed by atoms with E-state index in [1.807, 2.05) is 0 Å². The van der Waals surface area contributed by atoms with Gasteiger partial charge in [0.05, 0.1) is 18.0 Å². The van der Waals surface area contributed by atoms with E-state index in [-0.39, 0.29) is 11.3 Å². The molecule has 4 nitrogen and oxygen atoms in total. The quantitative estimate of drug-likeness (QED) is 0.837. The summed E-state index contributed by atoms with van der Waals surface area (Å²) < 4.78 is 11.7. The topological polar surface area (TPSA) is 47.6 Å². The van der Waals surface area contributed by atoms with Gasteiger partial charge in [-0.2, -0.15) is 0 Å². The number of ether oxygens (including phenoxy) is 2. The lowest BCUT2D eigenvalue weighted by molar-refractivity contribution is -0.144. The summed E-state index contributed by atoms with van der Waals surface area (Å²) in [5.74, 6) is 2.32. The van der Waals surface area contributed by atoms with E-state index in [9.17, 15) is 4.79 Å². The Balaban J connectivity index is 1.25. The van der Waals surface area contributed by atoms with E-state index in [1.54, 1.807) is 11.8 Å². The third-order valence-corrected chi connectivity index (χ3v) is 7.49. The van der Waals surface area contributed by atoms with Gasteiger partial charge >= 0.3 is 0 Å². The fraction of sp³-hybridized carbons (Fsp3) is 0.944. The Bertz CT molecular complexity index is 432. The number of amides is 1. The smallest absolute Gasteiger partial charge is 0.230 e. The molecule has 2 aliphatic heterocycles. The maximum absolute atomic E-state index is 12.4. The van der Waals surface area contributed by atoms with Crippen LogP contribution in [0.1, 0.15) is 51.4 Å². The van der Waals surface area contributed by atoms with E-state index in [2.05, 4.69) is 5.32 Å². The lowest BCUT2D eigenvalue weighted by Gasteiger charge is -2.56. The first-order chi connectivity index (χ1) is 11.3. The number of carbonyl (C=O) groups excluding carboxylic acids is 1. The van der Waals surface area contributed by atoms with E-state index >= 15 is 0 Å². The molecule has 0 bridgehead atoms. The highest BCUT2D eigenvalue weighted by molar-refractivity contribution is 7.99. The molecule has 2 heterocycles. The molecule has 2 saturated carbocycles. The van der Waals surface area contributed by atoms with Gasteiger partial charge in [0.15, 0.2) is 0 Å². The molecule has 0 aromatic rings. The molecule has 23 heavy (non-hydrogen) atoms. The van der Waals surface area contributed by atoms with Crippen LogP contribution in [0.25, 0.3) is 0 Å². The molecule has 0 aromatic carbocycles. The Labute approximate surface area is 143 Å². The standard InChI is InChI=1S/C18H29NO3S/c20-15(12-23-11-13-5-1-4-9-21-13)19-16-14-6-10-22-17(14)18(16)7-2-3-8-18/h13-14,16-17H,1-12H2,(H,19,20)/t13-,14-,16+,17+/m0/s1. The van der Waals surface area contributed by atoms with Crippen LogP contribution in [-0.4, -0.2) is 48.9 Å². The monoisotopic (exact) mass is 339 g/mol. The first kappa shape index (κ1) is 16.2. The van der Waals surface area contributed by atoms with Crippen LogP contribution in [0.4, 0.5) is 0 Å². The molecule has 4 fully saturated rings. The zero-order chi connectivity index (χ0) is 15.7. The van der Waals surface area contributed by atoms with Gasteiger partial charge in [0.2, 0.25) is 5.91 Å². The average Bonchev–Trinajstić information content (AvgIpc) is 3.22. The van der Waals surface area contributed by atoms with Crippen LogP contribution in [0.3, 0.4) is 0 Å². The van der Waals surface area contributed by atoms with Crippen molar-refractivity contribution < 1.29 is 14.3 Å². The number of hydrogen-bond acceptors (Lipinski definition) is 4. The number of rotatable bonds is 5. The van der Waals surface area contributed by atoms with E-state index < -0.39 is 0 Å². The number of fused-ring (bicyclic) bond motifs is 2. The minimum absolute atomic E-state index is 0.215. The van der Waals surface area contributed by atoms with Crippen molar-refractivity contribution in [3.05, 3.63) is 0 Å². The Morgan fingerprint density at radius 1 is 1.09 bits per heavy atom. The van der Waals surface area contributed by atoms with Gasteiger partial charge in [-0.3, -0.25) is 4.79 Å². The van der Waals surface area contributed by atoms with Gasteiger partial charge in [-0.1, -0.05) is 12.8 Å². The minimum Gasteiger partial charge on any atom is -0.377 e. The predicted octanol–water partition coefficient (Wildman–Crippen LogP) is 2.75. The highest BCUT2D eigenvalue weighted by Gasteiger charge is 2.65. The first-order valence-corrected chi connectivity index (χ1v) is 10.6. The third-order valence-electron chi connectivity index (χ3n) is 6.41. The zero-order valence-corrected chi connectivity index (χ0v) is 14.7. The van der Waals surface area contributed by atoms with Gasteiger partial charge in [0.25, 0.3) is 0 Å². The number of nitrogens with one attached hydrogen (secondary N) is 1. The van der Waals surface area contributed by atoms with Crippen LogP contribution < -0.4 is 5.32 Å². The molecule has 1 spiro atoms.